The van der Waals surface area contributed by atoms with E-state index in [1.54, 1.807) is 25.1 Å². The highest BCUT2D eigenvalue weighted by atomic mass is 35.5. The van der Waals surface area contributed by atoms with Crippen molar-refractivity contribution >= 4 is 35.4 Å². The van der Waals surface area contributed by atoms with Gasteiger partial charge in [-0.3, -0.25) is 0 Å². The van der Waals surface area contributed by atoms with Crippen LogP contribution in [-0.2, 0) is 16.1 Å². The van der Waals surface area contributed by atoms with Crippen molar-refractivity contribution in [1.29, 1.82) is 0 Å². The first-order valence-electron chi connectivity index (χ1n) is 5.00. The number of hydrogen-bond acceptors (Lipinski definition) is 4. The number of esters is 1. The molecule has 0 aliphatic carbocycles. The molecule has 0 radical (unpaired) electrons. The highest BCUT2D eigenvalue weighted by Gasteiger charge is 2.00. The number of ether oxygens (including phenoxy) is 1. The number of hydrazone groups is 1. The van der Waals surface area contributed by atoms with Gasteiger partial charge in [-0.25, -0.2) is 4.79 Å². The molecule has 4 nitrogen and oxygen atoms in total. The van der Waals surface area contributed by atoms with E-state index >= 15 is 0 Å². The standard InChI is InChI=1S/C11H12Cl2N2O2/c1-2-17-11(16)7-15-14-6-8-5-9(12)3-4-10(8)13/h3-5,7,14H,2,6H2,1H3/b15-7-. The molecule has 1 N–H and O–H groups in total. The molecule has 1 aromatic carbocycles. The first-order chi connectivity index (χ1) is 8.13. The van der Waals surface area contributed by atoms with E-state index in [-0.39, 0.29) is 0 Å². The number of rotatable bonds is 5. The molecule has 0 aliphatic heterocycles. The van der Waals surface area contributed by atoms with E-state index in [9.17, 15) is 4.79 Å². The van der Waals surface area contributed by atoms with Crippen LogP contribution in [0.25, 0.3) is 0 Å². The number of hydrogen-bond donors (Lipinski definition) is 1. The lowest BCUT2D eigenvalue weighted by atomic mass is 10.2. The molecule has 1 aromatic rings. The van der Waals surface area contributed by atoms with Gasteiger partial charge in [0.1, 0.15) is 6.21 Å². The minimum atomic E-state index is -0.489. The third kappa shape index (κ3) is 5.06. The summed E-state index contributed by atoms with van der Waals surface area (Å²) in [6.07, 6.45) is 1.07. The number of halogens is 2. The predicted octanol–water partition coefficient (Wildman–Crippen LogP) is 2.63. The van der Waals surface area contributed by atoms with Gasteiger partial charge in [-0.1, -0.05) is 23.2 Å². The van der Waals surface area contributed by atoms with Crippen LogP contribution in [0.15, 0.2) is 23.3 Å². The lowest BCUT2D eigenvalue weighted by Gasteiger charge is -2.04. The van der Waals surface area contributed by atoms with E-state index in [4.69, 9.17) is 23.2 Å². The van der Waals surface area contributed by atoms with Crippen molar-refractivity contribution in [3.05, 3.63) is 33.8 Å². The summed E-state index contributed by atoms with van der Waals surface area (Å²) in [5, 5.41) is 4.89. The van der Waals surface area contributed by atoms with Crippen molar-refractivity contribution in [2.24, 2.45) is 5.10 Å². The van der Waals surface area contributed by atoms with Crippen LogP contribution in [0.1, 0.15) is 12.5 Å². The lowest BCUT2D eigenvalue weighted by Crippen LogP contribution is -2.11. The molecule has 17 heavy (non-hydrogen) atoms. The minimum Gasteiger partial charge on any atom is -0.462 e. The van der Waals surface area contributed by atoms with Crippen molar-refractivity contribution in [3.8, 4) is 0 Å². The van der Waals surface area contributed by atoms with E-state index in [2.05, 4.69) is 15.3 Å². The first kappa shape index (κ1) is 13.8. The molecular weight excluding hydrogens is 263 g/mol. The summed E-state index contributed by atoms with van der Waals surface area (Å²) >= 11 is 11.8. The summed E-state index contributed by atoms with van der Waals surface area (Å²) in [4.78, 5) is 10.9. The summed E-state index contributed by atoms with van der Waals surface area (Å²) in [7, 11) is 0. The second-order valence-corrected chi connectivity index (χ2v) is 3.92. The molecule has 0 saturated heterocycles. The van der Waals surface area contributed by atoms with Crippen molar-refractivity contribution in [3.63, 3.8) is 0 Å². The Morgan fingerprint density at radius 1 is 1.53 bits per heavy atom. The average Bonchev–Trinajstić information content (AvgIpc) is 2.29. The molecule has 0 aromatic heterocycles. The largest absolute Gasteiger partial charge is 0.462 e. The molecule has 1 rings (SSSR count). The van der Waals surface area contributed by atoms with Crippen molar-refractivity contribution in [2.45, 2.75) is 13.5 Å². The van der Waals surface area contributed by atoms with Crippen LogP contribution in [0.5, 0.6) is 0 Å². The summed E-state index contributed by atoms with van der Waals surface area (Å²) in [6.45, 7) is 2.44. The second-order valence-electron chi connectivity index (χ2n) is 3.08. The van der Waals surface area contributed by atoms with E-state index in [0.29, 0.717) is 23.2 Å². The Morgan fingerprint density at radius 3 is 3.00 bits per heavy atom. The fourth-order valence-corrected chi connectivity index (χ4v) is 1.47. The van der Waals surface area contributed by atoms with Crippen molar-refractivity contribution in [1.82, 2.24) is 5.43 Å². The van der Waals surface area contributed by atoms with E-state index in [1.165, 1.54) is 0 Å². The van der Waals surface area contributed by atoms with E-state index < -0.39 is 5.97 Å². The highest BCUT2D eigenvalue weighted by Crippen LogP contribution is 2.20. The molecule has 0 aliphatic rings. The van der Waals surface area contributed by atoms with Crippen LogP contribution < -0.4 is 5.43 Å². The summed E-state index contributed by atoms with van der Waals surface area (Å²) in [6, 6.07) is 5.14. The first-order valence-corrected chi connectivity index (χ1v) is 5.75. The zero-order chi connectivity index (χ0) is 12.7. The Labute approximate surface area is 110 Å². The molecule has 0 amide bonds. The lowest BCUT2D eigenvalue weighted by molar-refractivity contribution is -0.134. The third-order valence-corrected chi connectivity index (χ3v) is 2.43. The van der Waals surface area contributed by atoms with E-state index in [0.717, 1.165) is 11.8 Å². The van der Waals surface area contributed by atoms with Gasteiger partial charge in [-0.15, -0.1) is 0 Å². The minimum absolute atomic E-state index is 0.324. The van der Waals surface area contributed by atoms with Gasteiger partial charge >= 0.3 is 5.97 Å². The molecule has 0 fully saturated rings. The van der Waals surface area contributed by atoms with Crippen LogP contribution in [0, 0.1) is 0 Å². The zero-order valence-corrected chi connectivity index (χ0v) is 10.8. The fourth-order valence-electron chi connectivity index (χ4n) is 1.09. The van der Waals surface area contributed by atoms with Gasteiger partial charge in [0, 0.05) is 10.0 Å². The Kier molecular flexibility index (Phi) is 5.80. The Hall–Kier alpha value is -1.26. The van der Waals surface area contributed by atoms with Crippen LogP contribution in [0.4, 0.5) is 0 Å². The second kappa shape index (κ2) is 7.14. The van der Waals surface area contributed by atoms with Crippen molar-refractivity contribution < 1.29 is 9.53 Å². The number of benzene rings is 1. The molecule has 0 heterocycles. The number of nitrogens with zero attached hydrogens (tertiary/aromatic N) is 1. The highest BCUT2D eigenvalue weighted by molar-refractivity contribution is 6.33. The maximum atomic E-state index is 10.9. The quantitative estimate of drug-likeness (QED) is 0.510. The van der Waals surface area contributed by atoms with Gasteiger partial charge in [0.15, 0.2) is 0 Å². The zero-order valence-electron chi connectivity index (χ0n) is 9.24. The van der Waals surface area contributed by atoms with Crippen LogP contribution >= 0.6 is 23.2 Å². The van der Waals surface area contributed by atoms with E-state index in [1.807, 2.05) is 0 Å². The van der Waals surface area contributed by atoms with Gasteiger partial charge in [0.25, 0.3) is 0 Å². The SMILES string of the molecule is CCOC(=O)/C=N\NCc1cc(Cl)ccc1Cl. The van der Waals surface area contributed by atoms with Gasteiger partial charge in [0.05, 0.1) is 13.2 Å². The Balaban J connectivity index is 2.45. The molecule has 92 valence electrons. The molecule has 0 bridgehead atoms. The molecule has 0 spiro atoms. The molecular formula is C11H12Cl2N2O2. The normalized spacial score (nSPS) is 10.5. The average molecular weight is 275 g/mol. The summed E-state index contributed by atoms with van der Waals surface area (Å²) in [5.41, 5.74) is 3.49. The topological polar surface area (TPSA) is 50.7 Å². The monoisotopic (exact) mass is 274 g/mol. The fraction of sp³-hybridized carbons (Fsp3) is 0.273. The van der Waals surface area contributed by atoms with Crippen LogP contribution in [0.2, 0.25) is 10.0 Å². The molecule has 0 atom stereocenters. The summed E-state index contributed by atoms with van der Waals surface area (Å²) in [5.74, 6) is -0.489. The number of nitrogens with one attached hydrogen (secondary N) is 1. The van der Waals surface area contributed by atoms with Crippen LogP contribution in [-0.4, -0.2) is 18.8 Å². The van der Waals surface area contributed by atoms with Gasteiger partial charge in [-0.2, -0.15) is 5.10 Å². The maximum absolute atomic E-state index is 10.9. The van der Waals surface area contributed by atoms with Gasteiger partial charge in [-0.05, 0) is 30.7 Å². The molecule has 0 saturated carbocycles. The smallest absolute Gasteiger partial charge is 0.351 e. The molecule has 0 unspecified atom stereocenters. The third-order valence-electron chi connectivity index (χ3n) is 1.83. The molecule has 6 heteroatoms. The number of carbonyl (C=O) groups excluding carboxylic acids is 1. The number of carbonyl (C=O) groups is 1. The summed E-state index contributed by atoms with van der Waals surface area (Å²) < 4.78 is 4.66. The Morgan fingerprint density at radius 2 is 2.29 bits per heavy atom. The van der Waals surface area contributed by atoms with Gasteiger partial charge < -0.3 is 10.2 Å². The van der Waals surface area contributed by atoms with Crippen LogP contribution in [0.3, 0.4) is 0 Å². The van der Waals surface area contributed by atoms with Crippen molar-refractivity contribution in [2.75, 3.05) is 6.61 Å². The predicted molar refractivity (Wildman–Crippen MR) is 68.4 cm³/mol. The Bertz CT molecular complexity index is 422. The van der Waals surface area contributed by atoms with Gasteiger partial charge in [0.2, 0.25) is 0 Å². The maximum Gasteiger partial charge on any atom is 0.351 e.